The standard InChI is InChI=1S/C18H22N2.ClH/c1-20(16-8-3-2-4-9-16)17-11-14-7-5-6-10-18(14)15(12-17)13-19;/h2-10,15,17H,11-13,19H2,1H3;1H. The van der Waals surface area contributed by atoms with Crippen molar-refractivity contribution in [1.29, 1.82) is 0 Å². The van der Waals surface area contributed by atoms with Crippen LogP contribution in [0.4, 0.5) is 5.69 Å². The number of anilines is 1. The maximum Gasteiger partial charge on any atom is 0.0366 e. The molecule has 0 radical (unpaired) electrons. The molecule has 0 saturated carbocycles. The topological polar surface area (TPSA) is 29.3 Å². The fourth-order valence-electron chi connectivity index (χ4n) is 3.30. The predicted octanol–water partition coefficient (Wildman–Crippen LogP) is 3.60. The van der Waals surface area contributed by atoms with E-state index in [4.69, 9.17) is 5.73 Å². The van der Waals surface area contributed by atoms with E-state index in [0.29, 0.717) is 12.0 Å². The van der Waals surface area contributed by atoms with Gasteiger partial charge in [-0.1, -0.05) is 42.5 Å². The molecule has 2 N–H and O–H groups in total. The Balaban J connectivity index is 0.00000161. The van der Waals surface area contributed by atoms with Crippen molar-refractivity contribution in [3.8, 4) is 0 Å². The molecular weight excluding hydrogens is 280 g/mol. The zero-order valence-electron chi connectivity index (χ0n) is 12.4. The highest BCUT2D eigenvalue weighted by molar-refractivity contribution is 5.85. The summed E-state index contributed by atoms with van der Waals surface area (Å²) in [7, 11) is 2.20. The molecule has 3 heteroatoms. The summed E-state index contributed by atoms with van der Waals surface area (Å²) in [5.41, 5.74) is 10.2. The molecule has 1 aliphatic carbocycles. The second kappa shape index (κ2) is 6.97. The number of para-hydroxylation sites is 1. The van der Waals surface area contributed by atoms with Crippen LogP contribution in [0.1, 0.15) is 23.5 Å². The van der Waals surface area contributed by atoms with Crippen molar-refractivity contribution < 1.29 is 0 Å². The number of nitrogens with two attached hydrogens (primary N) is 1. The average molecular weight is 303 g/mol. The van der Waals surface area contributed by atoms with Crippen molar-refractivity contribution in [2.75, 3.05) is 18.5 Å². The third-order valence-electron chi connectivity index (χ3n) is 4.50. The largest absolute Gasteiger partial charge is 0.371 e. The molecule has 0 aliphatic heterocycles. The molecule has 2 nitrogen and oxygen atoms in total. The van der Waals surface area contributed by atoms with E-state index in [9.17, 15) is 0 Å². The Labute approximate surface area is 133 Å². The Morgan fingerprint density at radius 2 is 1.71 bits per heavy atom. The molecule has 112 valence electrons. The van der Waals surface area contributed by atoms with Crippen molar-refractivity contribution in [2.45, 2.75) is 24.8 Å². The van der Waals surface area contributed by atoms with Crippen LogP contribution in [0.2, 0.25) is 0 Å². The van der Waals surface area contributed by atoms with Crippen LogP contribution < -0.4 is 10.6 Å². The van der Waals surface area contributed by atoms with E-state index < -0.39 is 0 Å². The summed E-state index contributed by atoms with van der Waals surface area (Å²) in [6, 6.07) is 19.9. The van der Waals surface area contributed by atoms with Crippen LogP contribution in [-0.2, 0) is 6.42 Å². The van der Waals surface area contributed by atoms with Gasteiger partial charge in [0.25, 0.3) is 0 Å². The minimum absolute atomic E-state index is 0. The third-order valence-corrected chi connectivity index (χ3v) is 4.50. The SMILES string of the molecule is CN(c1ccccc1)C1Cc2ccccc2C(CN)C1.Cl. The van der Waals surface area contributed by atoms with Crippen LogP contribution in [0.25, 0.3) is 0 Å². The van der Waals surface area contributed by atoms with Crippen molar-refractivity contribution >= 4 is 18.1 Å². The summed E-state index contributed by atoms with van der Waals surface area (Å²) >= 11 is 0. The summed E-state index contributed by atoms with van der Waals surface area (Å²) in [6.07, 6.45) is 2.25. The minimum Gasteiger partial charge on any atom is -0.371 e. The molecule has 2 aromatic rings. The minimum atomic E-state index is 0. The normalized spacial score (nSPS) is 20.3. The molecule has 0 saturated heterocycles. The summed E-state index contributed by atoms with van der Waals surface area (Å²) in [5, 5.41) is 0. The van der Waals surface area contributed by atoms with Gasteiger partial charge in [0.15, 0.2) is 0 Å². The molecule has 1 aliphatic rings. The quantitative estimate of drug-likeness (QED) is 0.938. The van der Waals surface area contributed by atoms with Gasteiger partial charge in [-0.15, -0.1) is 12.4 Å². The number of hydrogen-bond donors (Lipinski definition) is 1. The van der Waals surface area contributed by atoms with E-state index in [1.165, 1.54) is 16.8 Å². The molecular formula is C18H23ClN2. The zero-order valence-corrected chi connectivity index (χ0v) is 13.2. The van der Waals surface area contributed by atoms with Crippen molar-refractivity contribution in [1.82, 2.24) is 0 Å². The highest BCUT2D eigenvalue weighted by atomic mass is 35.5. The van der Waals surface area contributed by atoms with E-state index in [1.54, 1.807) is 0 Å². The van der Waals surface area contributed by atoms with Gasteiger partial charge in [-0.3, -0.25) is 0 Å². The molecule has 2 atom stereocenters. The molecule has 0 amide bonds. The van der Waals surface area contributed by atoms with E-state index in [1.807, 2.05) is 0 Å². The molecule has 0 bridgehead atoms. The molecule has 21 heavy (non-hydrogen) atoms. The van der Waals surface area contributed by atoms with Gasteiger partial charge in [-0.25, -0.2) is 0 Å². The first-order valence-electron chi connectivity index (χ1n) is 7.35. The maximum atomic E-state index is 6.00. The summed E-state index contributed by atoms with van der Waals surface area (Å²) in [5.74, 6) is 0.483. The smallest absolute Gasteiger partial charge is 0.0366 e. The Morgan fingerprint density at radius 1 is 1.05 bits per heavy atom. The molecule has 0 aromatic heterocycles. The third kappa shape index (κ3) is 3.22. The van der Waals surface area contributed by atoms with E-state index in [-0.39, 0.29) is 12.4 Å². The van der Waals surface area contributed by atoms with Gasteiger partial charge >= 0.3 is 0 Å². The van der Waals surface area contributed by atoms with Gasteiger partial charge in [-0.2, -0.15) is 0 Å². The number of fused-ring (bicyclic) bond motifs is 1. The first kappa shape index (κ1) is 15.9. The van der Waals surface area contributed by atoms with Gasteiger partial charge in [-0.05, 0) is 48.6 Å². The number of benzene rings is 2. The number of halogens is 1. The average Bonchev–Trinajstić information content (AvgIpc) is 2.54. The van der Waals surface area contributed by atoms with Gasteiger partial charge in [0, 0.05) is 18.8 Å². The fourth-order valence-corrected chi connectivity index (χ4v) is 3.30. The van der Waals surface area contributed by atoms with Crippen molar-refractivity contribution in [3.05, 3.63) is 65.7 Å². The number of nitrogens with zero attached hydrogens (tertiary/aromatic N) is 1. The van der Waals surface area contributed by atoms with Crippen LogP contribution in [0.15, 0.2) is 54.6 Å². The van der Waals surface area contributed by atoms with Crippen molar-refractivity contribution in [3.63, 3.8) is 0 Å². The van der Waals surface area contributed by atoms with E-state index in [0.717, 1.165) is 19.4 Å². The van der Waals surface area contributed by atoms with Crippen LogP contribution in [-0.4, -0.2) is 19.6 Å². The monoisotopic (exact) mass is 302 g/mol. The van der Waals surface area contributed by atoms with Crippen molar-refractivity contribution in [2.24, 2.45) is 5.73 Å². The molecule has 0 fully saturated rings. The molecule has 2 unspecified atom stereocenters. The first-order chi connectivity index (χ1) is 9.79. The Bertz CT molecular complexity index is 570. The van der Waals surface area contributed by atoms with Gasteiger partial charge in [0.05, 0.1) is 0 Å². The Hall–Kier alpha value is -1.51. The Kier molecular flexibility index (Phi) is 5.27. The highest BCUT2D eigenvalue weighted by Crippen LogP contribution is 2.34. The second-order valence-electron chi connectivity index (χ2n) is 5.67. The van der Waals surface area contributed by atoms with Gasteiger partial charge in [0.2, 0.25) is 0 Å². The first-order valence-corrected chi connectivity index (χ1v) is 7.35. The predicted molar refractivity (Wildman–Crippen MR) is 92.4 cm³/mol. The lowest BCUT2D eigenvalue weighted by Crippen LogP contribution is -2.39. The highest BCUT2D eigenvalue weighted by Gasteiger charge is 2.28. The molecule has 0 spiro atoms. The van der Waals surface area contributed by atoms with E-state index >= 15 is 0 Å². The van der Waals surface area contributed by atoms with Crippen LogP contribution in [0, 0.1) is 0 Å². The number of rotatable bonds is 3. The fraction of sp³-hybridized carbons (Fsp3) is 0.333. The molecule has 2 aromatic carbocycles. The lowest BCUT2D eigenvalue weighted by molar-refractivity contribution is 0.477. The van der Waals surface area contributed by atoms with Crippen LogP contribution in [0.3, 0.4) is 0 Å². The second-order valence-corrected chi connectivity index (χ2v) is 5.67. The lowest BCUT2D eigenvalue weighted by Gasteiger charge is -2.37. The number of likely N-dealkylation sites (N-methyl/N-ethyl adjacent to an activating group) is 1. The molecule has 0 heterocycles. The zero-order chi connectivity index (χ0) is 13.9. The van der Waals surface area contributed by atoms with Gasteiger partial charge < -0.3 is 10.6 Å². The summed E-state index contributed by atoms with van der Waals surface area (Å²) < 4.78 is 0. The summed E-state index contributed by atoms with van der Waals surface area (Å²) in [4.78, 5) is 2.40. The molecule has 3 rings (SSSR count). The van der Waals surface area contributed by atoms with Crippen LogP contribution >= 0.6 is 12.4 Å². The maximum absolute atomic E-state index is 6.00. The Morgan fingerprint density at radius 3 is 2.43 bits per heavy atom. The lowest BCUT2D eigenvalue weighted by atomic mass is 9.79. The number of hydrogen-bond acceptors (Lipinski definition) is 2. The van der Waals surface area contributed by atoms with Gasteiger partial charge in [0.1, 0.15) is 0 Å². The van der Waals surface area contributed by atoms with E-state index in [2.05, 4.69) is 66.5 Å². The summed E-state index contributed by atoms with van der Waals surface area (Å²) in [6.45, 7) is 0.732. The van der Waals surface area contributed by atoms with Crippen LogP contribution in [0.5, 0.6) is 0 Å².